The second kappa shape index (κ2) is 12.6. The lowest BCUT2D eigenvalue weighted by atomic mass is 9.99. The van der Waals surface area contributed by atoms with Gasteiger partial charge in [-0.1, -0.05) is 0 Å². The predicted octanol–water partition coefficient (Wildman–Crippen LogP) is 7.92. The van der Waals surface area contributed by atoms with Crippen LogP contribution in [-0.4, -0.2) is 9.97 Å². The monoisotopic (exact) mass is 727 g/mol. The Labute approximate surface area is 272 Å². The molecule has 21 heteroatoms. The summed E-state index contributed by atoms with van der Waals surface area (Å²) >= 11 is 0. The Morgan fingerprint density at radius 2 is 0.784 bits per heavy atom. The van der Waals surface area contributed by atoms with Crippen LogP contribution in [0.15, 0.2) is 16.7 Å². The molecule has 1 aliphatic rings. The largest absolute Gasteiger partial charge is 0.451 e. The minimum atomic E-state index is -5.92. The van der Waals surface area contributed by atoms with Crippen molar-refractivity contribution in [1.82, 2.24) is 9.97 Å². The Morgan fingerprint density at radius 1 is 0.471 bits per heavy atom. The first kappa shape index (κ1) is 37.0. The van der Waals surface area contributed by atoms with Gasteiger partial charge in [-0.25, -0.2) is 45.1 Å². The summed E-state index contributed by atoms with van der Waals surface area (Å²) in [5.41, 5.74) is -23.1. The molecule has 1 aliphatic carbocycles. The Morgan fingerprint density at radius 3 is 1.04 bits per heavy atom. The van der Waals surface area contributed by atoms with Gasteiger partial charge in [-0.15, -0.1) is 0 Å². The van der Waals surface area contributed by atoms with Gasteiger partial charge in [0.05, 0.1) is 33.5 Å². The van der Waals surface area contributed by atoms with Gasteiger partial charge in [0.15, 0.2) is 52.2 Å². The maximum atomic E-state index is 15.1. The van der Waals surface area contributed by atoms with Gasteiger partial charge < -0.3 is 0 Å². The maximum Gasteiger partial charge on any atom is 0.451 e. The first-order valence-electron chi connectivity index (χ1n) is 12.7. The topological polar surface area (TPSA) is 145 Å². The fraction of sp³-hybridized carbons (Fsp3) is 0.100. The smallest absolute Gasteiger partial charge is 0.229 e. The maximum absolute atomic E-state index is 15.1. The molecule has 0 radical (unpaired) electrons. The van der Waals surface area contributed by atoms with Crippen LogP contribution in [0.25, 0.3) is 16.7 Å². The second-order valence-electron chi connectivity index (χ2n) is 9.67. The van der Waals surface area contributed by atoms with Gasteiger partial charge in [-0.2, -0.15) is 52.7 Å². The van der Waals surface area contributed by atoms with Crippen LogP contribution in [0.5, 0.6) is 0 Å². The first-order valence-corrected chi connectivity index (χ1v) is 12.7. The summed E-state index contributed by atoms with van der Waals surface area (Å²) in [5.74, 6) is -22.6. The summed E-state index contributed by atoms with van der Waals surface area (Å²) in [6.07, 6.45) is -11.6. The van der Waals surface area contributed by atoms with Crippen molar-refractivity contribution in [1.29, 1.82) is 26.3 Å². The van der Waals surface area contributed by atoms with E-state index in [0.717, 1.165) is 30.3 Å². The van der Waals surface area contributed by atoms with Crippen LogP contribution in [0, 0.1) is 110 Å². The molecule has 0 atom stereocenters. The lowest BCUT2D eigenvalue weighted by Crippen LogP contribution is -2.20. The van der Waals surface area contributed by atoms with Crippen LogP contribution in [0.1, 0.15) is 45.0 Å². The van der Waals surface area contributed by atoms with Crippen molar-refractivity contribution in [2.75, 3.05) is 0 Å². The molecule has 1 heterocycles. The molecule has 0 amide bonds. The minimum Gasteiger partial charge on any atom is -0.229 e. The summed E-state index contributed by atoms with van der Waals surface area (Å²) in [7, 11) is 0. The highest BCUT2D eigenvalue weighted by Crippen LogP contribution is 2.57. The Balaban J connectivity index is 2.38. The van der Waals surface area contributed by atoms with Crippen LogP contribution in [0.2, 0.25) is 0 Å². The number of nitriles is 5. The Kier molecular flexibility index (Phi) is 9.14. The molecule has 0 spiro atoms. The van der Waals surface area contributed by atoms with E-state index in [1.165, 1.54) is 0 Å². The van der Waals surface area contributed by atoms with Crippen molar-refractivity contribution < 1.29 is 61.5 Å². The third-order valence-electron chi connectivity index (χ3n) is 6.89. The minimum absolute atomic E-state index is 0.445. The van der Waals surface area contributed by atoms with Crippen molar-refractivity contribution in [3.05, 3.63) is 108 Å². The molecule has 0 N–H and O–H groups in total. The molecule has 0 unspecified atom stereocenters. The molecule has 51 heavy (non-hydrogen) atoms. The molecule has 256 valence electrons. The van der Waals surface area contributed by atoms with E-state index < -0.39 is 137 Å². The average Bonchev–Trinajstić information content (AvgIpc) is 3.77. The molecular formula is C30H3F14N7. The number of alkyl halides is 6. The van der Waals surface area contributed by atoms with E-state index in [4.69, 9.17) is 10.5 Å². The summed E-state index contributed by atoms with van der Waals surface area (Å²) < 4.78 is 201. The highest BCUT2D eigenvalue weighted by atomic mass is 19.4. The number of benzene rings is 2. The van der Waals surface area contributed by atoms with Crippen molar-refractivity contribution in [3.8, 4) is 30.3 Å². The fourth-order valence-electron chi connectivity index (χ4n) is 4.75. The number of aromatic nitrogens is 2. The highest BCUT2D eigenvalue weighted by Gasteiger charge is 2.48. The quantitative estimate of drug-likeness (QED) is 0.151. The van der Waals surface area contributed by atoms with Gasteiger partial charge in [0, 0.05) is 22.3 Å². The van der Waals surface area contributed by atoms with Crippen LogP contribution < -0.4 is 0 Å². The van der Waals surface area contributed by atoms with Crippen molar-refractivity contribution in [3.63, 3.8) is 0 Å². The van der Waals surface area contributed by atoms with Crippen LogP contribution >= 0.6 is 0 Å². The van der Waals surface area contributed by atoms with Gasteiger partial charge >= 0.3 is 12.4 Å². The normalized spacial score (nSPS) is 15.6. The Bertz CT molecular complexity index is 2260. The number of hydrogen-bond donors (Lipinski definition) is 0. The molecule has 0 bridgehead atoms. The molecule has 7 nitrogen and oxygen atoms in total. The number of allylic oxidation sites excluding steroid dienone is 6. The van der Waals surface area contributed by atoms with Crippen molar-refractivity contribution in [2.24, 2.45) is 0 Å². The standard InChI is InChI=1S/C30H3F14N7/c1-7-13(27(29(39,40)41)51-28(50-7)30(42,43)44)8(2-45)14-15(9(3-46)17-23(35)19(31)11(5-48)20(32)24(17)36)16(14)10(4-47)18-25(37)21(33)12(6-49)22(34)26(18)38/h1H3/b14-8-,15-9-,16-10?. The third kappa shape index (κ3) is 5.73. The van der Waals surface area contributed by atoms with Gasteiger partial charge in [0.25, 0.3) is 0 Å². The number of aryl methyl sites for hydroxylation is 1. The van der Waals surface area contributed by atoms with Gasteiger partial charge in [-0.3, -0.25) is 0 Å². The zero-order valence-corrected chi connectivity index (χ0v) is 23.9. The summed E-state index contributed by atoms with van der Waals surface area (Å²) in [6, 6.07) is 4.43. The molecule has 2 aromatic carbocycles. The molecule has 1 aromatic heterocycles. The number of hydrogen-bond acceptors (Lipinski definition) is 7. The summed E-state index contributed by atoms with van der Waals surface area (Å²) in [4.78, 5) is 5.24. The van der Waals surface area contributed by atoms with E-state index in [9.17, 15) is 59.7 Å². The highest BCUT2D eigenvalue weighted by molar-refractivity contribution is 6.12. The Hall–Kier alpha value is -6.79. The van der Waals surface area contributed by atoms with Gasteiger partial charge in [0.1, 0.15) is 41.5 Å². The lowest BCUT2D eigenvalue weighted by Gasteiger charge is -2.16. The van der Waals surface area contributed by atoms with E-state index in [1.54, 1.807) is 0 Å². The number of halogens is 14. The average molecular weight is 727 g/mol. The van der Waals surface area contributed by atoms with E-state index in [2.05, 4.69) is 9.97 Å². The van der Waals surface area contributed by atoms with Gasteiger partial charge in [0.2, 0.25) is 5.82 Å². The van der Waals surface area contributed by atoms with E-state index in [1.807, 2.05) is 0 Å². The summed E-state index contributed by atoms with van der Waals surface area (Å²) in [6.45, 7) is 0.445. The molecule has 4 rings (SSSR count). The SMILES string of the molecule is Cc1nc(C(F)(F)F)nc(C(F)(F)F)c1/C(C#N)=C1\C(=C(C#N)c2c(F)c(F)c(C#N)c(F)c2F)\C1=C(\C#N)c1c(F)c(F)c(C#N)c(F)c1F. The first-order chi connectivity index (χ1) is 23.6. The summed E-state index contributed by atoms with van der Waals surface area (Å²) in [5, 5.41) is 47.5. The molecule has 3 aromatic rings. The van der Waals surface area contributed by atoms with Crippen LogP contribution in [-0.2, 0) is 12.4 Å². The van der Waals surface area contributed by atoms with E-state index >= 15 is 17.6 Å². The molecule has 0 saturated heterocycles. The second-order valence-corrected chi connectivity index (χ2v) is 9.67. The van der Waals surface area contributed by atoms with Crippen molar-refractivity contribution in [2.45, 2.75) is 19.3 Å². The zero-order chi connectivity index (χ0) is 38.7. The molecular weight excluding hydrogens is 724 g/mol. The molecule has 1 saturated carbocycles. The predicted molar refractivity (Wildman–Crippen MR) is 136 cm³/mol. The van der Waals surface area contributed by atoms with Crippen molar-refractivity contribution >= 4 is 16.7 Å². The van der Waals surface area contributed by atoms with E-state index in [0.29, 0.717) is 6.92 Å². The zero-order valence-electron chi connectivity index (χ0n) is 23.9. The van der Waals surface area contributed by atoms with Gasteiger partial charge in [-0.05, 0) is 6.92 Å². The molecule has 0 aliphatic heterocycles. The number of rotatable bonds is 3. The fourth-order valence-corrected chi connectivity index (χ4v) is 4.75. The van der Waals surface area contributed by atoms with E-state index in [-0.39, 0.29) is 0 Å². The molecule has 1 fully saturated rings. The third-order valence-corrected chi connectivity index (χ3v) is 6.89. The lowest BCUT2D eigenvalue weighted by molar-refractivity contribution is -0.153. The number of nitrogens with zero attached hydrogens (tertiary/aromatic N) is 7. The van der Waals surface area contributed by atoms with Crippen LogP contribution in [0.3, 0.4) is 0 Å². The van der Waals surface area contributed by atoms with Crippen LogP contribution in [0.4, 0.5) is 61.5 Å².